The number of hydrogen-bond donors (Lipinski definition) is 1. The van der Waals surface area contributed by atoms with Crippen molar-refractivity contribution in [3.05, 3.63) is 53.1 Å². The van der Waals surface area contributed by atoms with E-state index in [9.17, 15) is 9.59 Å². The molecule has 1 N–H and O–H groups in total. The molecule has 0 aliphatic carbocycles. The number of nitrogens with one attached hydrogen (secondary N) is 1. The number of nitrogens with zero attached hydrogens (tertiary/aromatic N) is 2. The van der Waals surface area contributed by atoms with Gasteiger partial charge >= 0.3 is 0 Å². The summed E-state index contributed by atoms with van der Waals surface area (Å²) in [5, 5.41) is 3.48. The van der Waals surface area contributed by atoms with E-state index in [1.54, 1.807) is 6.07 Å². The lowest BCUT2D eigenvalue weighted by molar-refractivity contribution is -0.131. The largest absolute Gasteiger partial charge is 0.484 e. The standard InChI is InChI=1S/C26H34ClN3O3/c1-5-6-25(32)30-15-13-29(14-16-30)23-12-9-20(27)17-22(23)28-24(31)18-33-21-10-7-19(8-11-21)26(2,3)4/h7-12,17H,5-6,13-16,18H2,1-4H3,(H,28,31). The molecule has 2 aromatic rings. The first-order valence-electron chi connectivity index (χ1n) is 11.5. The SMILES string of the molecule is CCCC(=O)N1CCN(c2ccc(Cl)cc2NC(=O)COc2ccc(C(C)(C)C)cc2)CC1. The molecule has 7 heteroatoms. The number of piperazine rings is 1. The number of carbonyl (C=O) groups excluding carboxylic acids is 2. The molecule has 1 aliphatic rings. The Morgan fingerprint density at radius 3 is 2.30 bits per heavy atom. The van der Waals surface area contributed by atoms with E-state index in [0.717, 1.165) is 12.1 Å². The summed E-state index contributed by atoms with van der Waals surface area (Å²) in [6.45, 7) is 11.1. The molecular weight excluding hydrogens is 438 g/mol. The Kier molecular flexibility index (Phi) is 8.25. The van der Waals surface area contributed by atoms with Crippen LogP contribution in [-0.2, 0) is 15.0 Å². The van der Waals surface area contributed by atoms with Crippen LogP contribution in [0.1, 0.15) is 46.1 Å². The fourth-order valence-electron chi connectivity index (χ4n) is 3.84. The number of benzene rings is 2. The van der Waals surface area contributed by atoms with Crippen molar-refractivity contribution in [1.82, 2.24) is 4.90 Å². The second kappa shape index (κ2) is 10.9. The zero-order valence-electron chi connectivity index (χ0n) is 20.0. The summed E-state index contributed by atoms with van der Waals surface area (Å²) in [4.78, 5) is 28.9. The van der Waals surface area contributed by atoms with E-state index in [0.29, 0.717) is 49.1 Å². The Morgan fingerprint density at radius 1 is 1.03 bits per heavy atom. The van der Waals surface area contributed by atoms with Gasteiger partial charge in [-0.1, -0.05) is 51.4 Å². The summed E-state index contributed by atoms with van der Waals surface area (Å²) in [7, 11) is 0. The van der Waals surface area contributed by atoms with Crippen LogP contribution >= 0.6 is 11.6 Å². The predicted octanol–water partition coefficient (Wildman–Crippen LogP) is 5.10. The molecule has 178 valence electrons. The highest BCUT2D eigenvalue weighted by molar-refractivity contribution is 6.31. The van der Waals surface area contributed by atoms with Gasteiger partial charge in [0.25, 0.3) is 5.91 Å². The molecular formula is C26H34ClN3O3. The summed E-state index contributed by atoms with van der Waals surface area (Å²) < 4.78 is 5.68. The van der Waals surface area contributed by atoms with Gasteiger partial charge in [-0.15, -0.1) is 0 Å². The van der Waals surface area contributed by atoms with Gasteiger partial charge < -0.3 is 19.9 Å². The molecule has 0 spiro atoms. The summed E-state index contributed by atoms with van der Waals surface area (Å²) in [5.74, 6) is 0.599. The van der Waals surface area contributed by atoms with Crippen molar-refractivity contribution < 1.29 is 14.3 Å². The Labute approximate surface area is 201 Å². The van der Waals surface area contributed by atoms with Crippen LogP contribution in [0.25, 0.3) is 0 Å². The van der Waals surface area contributed by atoms with Gasteiger partial charge in [0.1, 0.15) is 5.75 Å². The maximum Gasteiger partial charge on any atom is 0.262 e. The van der Waals surface area contributed by atoms with E-state index in [-0.39, 0.29) is 23.8 Å². The number of ether oxygens (including phenoxy) is 1. The molecule has 2 aromatic carbocycles. The van der Waals surface area contributed by atoms with Gasteiger partial charge in [0.2, 0.25) is 5.91 Å². The molecule has 1 saturated heterocycles. The van der Waals surface area contributed by atoms with Gasteiger partial charge in [-0.05, 0) is 47.7 Å². The second-order valence-corrected chi connectivity index (χ2v) is 9.83. The number of hydrogen-bond acceptors (Lipinski definition) is 4. The van der Waals surface area contributed by atoms with Gasteiger partial charge in [-0.2, -0.15) is 0 Å². The lowest BCUT2D eigenvalue weighted by Crippen LogP contribution is -2.49. The molecule has 0 unspecified atom stereocenters. The van der Waals surface area contributed by atoms with Crippen LogP contribution in [0.15, 0.2) is 42.5 Å². The smallest absolute Gasteiger partial charge is 0.262 e. The first kappa shape index (κ1) is 24.9. The number of rotatable bonds is 7. The Balaban J connectivity index is 1.60. The van der Waals surface area contributed by atoms with E-state index in [4.69, 9.17) is 16.3 Å². The van der Waals surface area contributed by atoms with Crippen LogP contribution in [-0.4, -0.2) is 49.5 Å². The van der Waals surface area contributed by atoms with Crippen molar-refractivity contribution in [2.45, 2.75) is 46.0 Å². The maximum absolute atomic E-state index is 12.6. The monoisotopic (exact) mass is 471 g/mol. The second-order valence-electron chi connectivity index (χ2n) is 9.39. The predicted molar refractivity (Wildman–Crippen MR) is 134 cm³/mol. The Hall–Kier alpha value is -2.73. The van der Waals surface area contributed by atoms with E-state index in [1.165, 1.54) is 5.56 Å². The Bertz CT molecular complexity index is 962. The fourth-order valence-corrected chi connectivity index (χ4v) is 4.01. The Morgan fingerprint density at radius 2 is 1.70 bits per heavy atom. The quantitative estimate of drug-likeness (QED) is 0.610. The van der Waals surface area contributed by atoms with Crippen LogP contribution in [0.2, 0.25) is 5.02 Å². The van der Waals surface area contributed by atoms with Crippen molar-refractivity contribution >= 4 is 34.8 Å². The van der Waals surface area contributed by atoms with Gasteiger partial charge in [0.05, 0.1) is 11.4 Å². The van der Waals surface area contributed by atoms with E-state index in [1.807, 2.05) is 48.2 Å². The molecule has 0 radical (unpaired) electrons. The van der Waals surface area contributed by atoms with E-state index < -0.39 is 0 Å². The summed E-state index contributed by atoms with van der Waals surface area (Å²) in [5.41, 5.74) is 2.81. The average Bonchev–Trinajstić information content (AvgIpc) is 2.78. The van der Waals surface area contributed by atoms with Crippen LogP contribution in [0.4, 0.5) is 11.4 Å². The first-order valence-corrected chi connectivity index (χ1v) is 11.9. The van der Waals surface area contributed by atoms with Gasteiger partial charge in [0.15, 0.2) is 6.61 Å². The zero-order chi connectivity index (χ0) is 24.0. The van der Waals surface area contributed by atoms with Crippen LogP contribution in [0.5, 0.6) is 5.75 Å². The van der Waals surface area contributed by atoms with Gasteiger partial charge in [-0.3, -0.25) is 9.59 Å². The zero-order valence-corrected chi connectivity index (χ0v) is 20.7. The lowest BCUT2D eigenvalue weighted by Gasteiger charge is -2.37. The molecule has 1 fully saturated rings. The van der Waals surface area contributed by atoms with Crippen molar-refractivity contribution in [2.24, 2.45) is 0 Å². The highest BCUT2D eigenvalue weighted by Crippen LogP contribution is 2.30. The maximum atomic E-state index is 12.6. The number of anilines is 2. The molecule has 0 bridgehead atoms. The molecule has 33 heavy (non-hydrogen) atoms. The summed E-state index contributed by atoms with van der Waals surface area (Å²) in [6.07, 6.45) is 1.44. The molecule has 0 aromatic heterocycles. The number of amides is 2. The molecule has 6 nitrogen and oxygen atoms in total. The molecule has 1 heterocycles. The van der Waals surface area contributed by atoms with Crippen LogP contribution < -0.4 is 15.0 Å². The highest BCUT2D eigenvalue weighted by Gasteiger charge is 2.23. The van der Waals surface area contributed by atoms with Crippen molar-refractivity contribution in [3.63, 3.8) is 0 Å². The fraction of sp³-hybridized carbons (Fsp3) is 0.462. The van der Waals surface area contributed by atoms with Crippen molar-refractivity contribution in [1.29, 1.82) is 0 Å². The first-order chi connectivity index (χ1) is 15.7. The molecule has 3 rings (SSSR count). The minimum Gasteiger partial charge on any atom is -0.484 e. The molecule has 1 aliphatic heterocycles. The van der Waals surface area contributed by atoms with E-state index in [2.05, 4.69) is 31.0 Å². The van der Waals surface area contributed by atoms with E-state index >= 15 is 0 Å². The highest BCUT2D eigenvalue weighted by atomic mass is 35.5. The molecule has 2 amide bonds. The van der Waals surface area contributed by atoms with Crippen LogP contribution in [0.3, 0.4) is 0 Å². The summed E-state index contributed by atoms with van der Waals surface area (Å²) in [6, 6.07) is 13.3. The lowest BCUT2D eigenvalue weighted by atomic mass is 9.87. The van der Waals surface area contributed by atoms with Crippen molar-refractivity contribution in [3.8, 4) is 5.75 Å². The molecule has 0 atom stereocenters. The van der Waals surface area contributed by atoms with Gasteiger partial charge in [0, 0.05) is 37.6 Å². The molecule has 0 saturated carbocycles. The average molecular weight is 472 g/mol. The summed E-state index contributed by atoms with van der Waals surface area (Å²) >= 11 is 6.21. The topological polar surface area (TPSA) is 61.9 Å². The van der Waals surface area contributed by atoms with Crippen molar-refractivity contribution in [2.75, 3.05) is 43.0 Å². The van der Waals surface area contributed by atoms with Gasteiger partial charge in [-0.25, -0.2) is 0 Å². The third-order valence-electron chi connectivity index (χ3n) is 5.76. The number of halogens is 1. The third-order valence-corrected chi connectivity index (χ3v) is 5.99. The number of carbonyl (C=O) groups is 2. The van der Waals surface area contributed by atoms with Crippen LogP contribution in [0, 0.1) is 0 Å². The third kappa shape index (κ3) is 6.87. The minimum absolute atomic E-state index is 0.0632. The minimum atomic E-state index is -0.254. The normalized spacial score (nSPS) is 14.2.